The zero-order chi connectivity index (χ0) is 17.1. The highest BCUT2D eigenvalue weighted by atomic mass is 127. The summed E-state index contributed by atoms with van der Waals surface area (Å²) in [5, 5.41) is 3.33. The minimum absolute atomic E-state index is 0. The minimum Gasteiger partial charge on any atom is -0.496 e. The molecule has 0 radical (unpaired) electrons. The van der Waals surface area contributed by atoms with Gasteiger partial charge in [0, 0.05) is 39.4 Å². The van der Waals surface area contributed by atoms with Gasteiger partial charge in [-0.3, -0.25) is 4.99 Å². The molecule has 1 N–H and O–H groups in total. The Morgan fingerprint density at radius 1 is 1.25 bits per heavy atom. The zero-order valence-electron chi connectivity index (χ0n) is 15.5. The van der Waals surface area contributed by atoms with Crippen molar-refractivity contribution in [1.82, 2.24) is 10.2 Å². The highest BCUT2D eigenvalue weighted by molar-refractivity contribution is 14.0. The van der Waals surface area contributed by atoms with E-state index in [-0.39, 0.29) is 24.0 Å². The van der Waals surface area contributed by atoms with Crippen LogP contribution in [0.3, 0.4) is 0 Å². The van der Waals surface area contributed by atoms with E-state index in [0.717, 1.165) is 43.4 Å². The van der Waals surface area contributed by atoms with Crippen molar-refractivity contribution < 1.29 is 9.47 Å². The van der Waals surface area contributed by atoms with Gasteiger partial charge in [0.05, 0.1) is 13.7 Å². The first-order valence-electron chi connectivity index (χ1n) is 8.19. The molecule has 0 spiro atoms. The van der Waals surface area contributed by atoms with Crippen LogP contribution < -0.4 is 10.1 Å². The Morgan fingerprint density at radius 3 is 2.58 bits per heavy atom. The van der Waals surface area contributed by atoms with Gasteiger partial charge < -0.3 is 19.7 Å². The second kappa shape index (κ2) is 13.3. The van der Waals surface area contributed by atoms with E-state index in [2.05, 4.69) is 35.1 Å². The maximum Gasteiger partial charge on any atom is 0.193 e. The van der Waals surface area contributed by atoms with Gasteiger partial charge in [-0.1, -0.05) is 32.0 Å². The predicted molar refractivity (Wildman–Crippen MR) is 112 cm³/mol. The van der Waals surface area contributed by atoms with Crippen LogP contribution in [0.1, 0.15) is 25.8 Å². The molecule has 0 heterocycles. The summed E-state index contributed by atoms with van der Waals surface area (Å²) in [6.07, 6.45) is 1.10. The number of nitrogens with one attached hydrogen (secondary N) is 1. The first-order valence-corrected chi connectivity index (χ1v) is 8.19. The van der Waals surface area contributed by atoms with E-state index < -0.39 is 0 Å². The summed E-state index contributed by atoms with van der Waals surface area (Å²) >= 11 is 0. The predicted octanol–water partition coefficient (Wildman–Crippen LogP) is 3.38. The molecule has 0 aliphatic carbocycles. The van der Waals surface area contributed by atoms with Crippen molar-refractivity contribution in [3.05, 3.63) is 29.8 Å². The Bertz CT molecular complexity index is 481. The van der Waals surface area contributed by atoms with Gasteiger partial charge in [0.25, 0.3) is 0 Å². The second-order valence-corrected chi connectivity index (χ2v) is 5.94. The smallest absolute Gasteiger partial charge is 0.193 e. The van der Waals surface area contributed by atoms with Crippen molar-refractivity contribution >= 4 is 29.9 Å². The fraction of sp³-hybridized carbons (Fsp3) is 0.611. The third kappa shape index (κ3) is 8.73. The van der Waals surface area contributed by atoms with Gasteiger partial charge >= 0.3 is 0 Å². The molecule has 5 nitrogen and oxygen atoms in total. The average molecular weight is 449 g/mol. The van der Waals surface area contributed by atoms with Crippen LogP contribution in [-0.4, -0.2) is 51.8 Å². The molecule has 0 aromatic heterocycles. The van der Waals surface area contributed by atoms with Gasteiger partial charge in [0.2, 0.25) is 0 Å². The summed E-state index contributed by atoms with van der Waals surface area (Å²) in [6.45, 7) is 7.40. The van der Waals surface area contributed by atoms with Crippen molar-refractivity contribution in [2.75, 3.05) is 41.0 Å². The van der Waals surface area contributed by atoms with Crippen molar-refractivity contribution in [2.24, 2.45) is 10.9 Å². The van der Waals surface area contributed by atoms with E-state index in [1.54, 1.807) is 14.2 Å². The van der Waals surface area contributed by atoms with Gasteiger partial charge in [-0.05, 0) is 18.4 Å². The standard InChI is InChI=1S/C18H31N3O2.HI/c1-15(2)10-12-23-13-11-20-18(19-3)21(4)14-16-8-6-7-9-17(16)22-5;/h6-9,15H,10-14H2,1-5H3,(H,19,20);1H. The summed E-state index contributed by atoms with van der Waals surface area (Å²) in [7, 11) is 5.50. The Balaban J connectivity index is 0.00000529. The molecule has 0 bridgehead atoms. The summed E-state index contributed by atoms with van der Waals surface area (Å²) in [5.41, 5.74) is 1.13. The number of rotatable bonds is 9. The summed E-state index contributed by atoms with van der Waals surface area (Å²) in [4.78, 5) is 6.40. The van der Waals surface area contributed by atoms with E-state index >= 15 is 0 Å². The van der Waals surface area contributed by atoms with Crippen LogP contribution in [0, 0.1) is 5.92 Å². The number of aliphatic imine (C=N–C) groups is 1. The molecule has 0 atom stereocenters. The van der Waals surface area contributed by atoms with E-state index in [1.165, 1.54) is 0 Å². The fourth-order valence-electron chi connectivity index (χ4n) is 2.20. The number of methoxy groups -OCH3 is 1. The number of nitrogens with zero attached hydrogens (tertiary/aromatic N) is 2. The number of ether oxygens (including phenoxy) is 2. The molecule has 0 unspecified atom stereocenters. The summed E-state index contributed by atoms with van der Waals surface area (Å²) in [5.74, 6) is 2.43. The van der Waals surface area contributed by atoms with E-state index in [1.807, 2.05) is 25.2 Å². The van der Waals surface area contributed by atoms with Gasteiger partial charge in [-0.2, -0.15) is 0 Å². The lowest BCUT2D eigenvalue weighted by Crippen LogP contribution is -2.40. The largest absolute Gasteiger partial charge is 0.496 e. The van der Waals surface area contributed by atoms with E-state index in [4.69, 9.17) is 9.47 Å². The molecule has 1 aromatic carbocycles. The summed E-state index contributed by atoms with van der Waals surface area (Å²) in [6, 6.07) is 8.04. The first-order chi connectivity index (χ1) is 11.1. The maximum absolute atomic E-state index is 5.62. The lowest BCUT2D eigenvalue weighted by Gasteiger charge is -2.23. The fourth-order valence-corrected chi connectivity index (χ4v) is 2.20. The molecule has 0 amide bonds. The minimum atomic E-state index is 0. The molecule has 0 aliphatic rings. The lowest BCUT2D eigenvalue weighted by molar-refractivity contribution is 0.127. The highest BCUT2D eigenvalue weighted by Gasteiger charge is 2.09. The van der Waals surface area contributed by atoms with Crippen molar-refractivity contribution in [3.8, 4) is 5.75 Å². The quantitative estimate of drug-likeness (QED) is 0.272. The van der Waals surface area contributed by atoms with Crippen LogP contribution in [0.4, 0.5) is 0 Å². The maximum atomic E-state index is 5.62. The van der Waals surface area contributed by atoms with Crippen molar-refractivity contribution in [1.29, 1.82) is 0 Å². The molecule has 1 aromatic rings. The molecule has 0 aliphatic heterocycles. The number of para-hydroxylation sites is 1. The van der Waals surface area contributed by atoms with E-state index in [0.29, 0.717) is 12.5 Å². The molecule has 138 valence electrons. The van der Waals surface area contributed by atoms with Crippen LogP contribution in [0.15, 0.2) is 29.3 Å². The Kier molecular flexibility index (Phi) is 12.7. The normalized spacial score (nSPS) is 11.2. The topological polar surface area (TPSA) is 46.1 Å². The molecule has 0 fully saturated rings. The van der Waals surface area contributed by atoms with Crippen LogP contribution >= 0.6 is 24.0 Å². The van der Waals surface area contributed by atoms with Gasteiger partial charge in [0.15, 0.2) is 5.96 Å². The molecule has 0 saturated carbocycles. The molecular weight excluding hydrogens is 417 g/mol. The van der Waals surface area contributed by atoms with Crippen LogP contribution in [0.25, 0.3) is 0 Å². The summed E-state index contributed by atoms with van der Waals surface area (Å²) < 4.78 is 11.0. The van der Waals surface area contributed by atoms with Gasteiger partial charge in [0.1, 0.15) is 5.75 Å². The van der Waals surface area contributed by atoms with Crippen molar-refractivity contribution in [2.45, 2.75) is 26.8 Å². The molecular formula is C18H32IN3O2. The molecule has 24 heavy (non-hydrogen) atoms. The molecule has 6 heteroatoms. The van der Waals surface area contributed by atoms with Crippen molar-refractivity contribution in [3.63, 3.8) is 0 Å². The molecule has 1 rings (SSSR count). The number of guanidine groups is 1. The zero-order valence-corrected chi connectivity index (χ0v) is 17.9. The highest BCUT2D eigenvalue weighted by Crippen LogP contribution is 2.18. The second-order valence-electron chi connectivity index (χ2n) is 5.94. The monoisotopic (exact) mass is 449 g/mol. The average Bonchev–Trinajstić information content (AvgIpc) is 2.54. The van der Waals surface area contributed by atoms with Crippen LogP contribution in [-0.2, 0) is 11.3 Å². The third-order valence-corrected chi connectivity index (χ3v) is 3.54. The van der Waals surface area contributed by atoms with Crippen LogP contribution in [0.2, 0.25) is 0 Å². The number of benzene rings is 1. The Hall–Kier alpha value is -1.02. The lowest BCUT2D eigenvalue weighted by atomic mass is 10.1. The number of hydrogen-bond acceptors (Lipinski definition) is 3. The Morgan fingerprint density at radius 2 is 1.96 bits per heavy atom. The molecule has 0 saturated heterocycles. The Labute approximate surface area is 163 Å². The van der Waals surface area contributed by atoms with Gasteiger partial charge in [-0.25, -0.2) is 0 Å². The SMILES string of the molecule is CN=C(NCCOCCC(C)C)N(C)Cc1ccccc1OC.I. The first kappa shape index (κ1) is 23.0. The number of hydrogen-bond donors (Lipinski definition) is 1. The number of halogens is 1. The van der Waals surface area contributed by atoms with E-state index in [9.17, 15) is 0 Å². The van der Waals surface area contributed by atoms with Crippen LogP contribution in [0.5, 0.6) is 5.75 Å². The third-order valence-electron chi connectivity index (χ3n) is 3.54. The van der Waals surface area contributed by atoms with Gasteiger partial charge in [-0.15, -0.1) is 24.0 Å².